The molecule has 6 nitrogen and oxygen atoms in total. The third-order valence-electron chi connectivity index (χ3n) is 6.59. The van der Waals surface area contributed by atoms with E-state index in [9.17, 15) is 13.7 Å². The molecule has 1 aliphatic rings. The molecule has 0 saturated carbocycles. The molecular formula is C29H32N4O2S. The second-order valence-electron chi connectivity index (χ2n) is 10.6. The summed E-state index contributed by atoms with van der Waals surface area (Å²) < 4.78 is 28.2. The number of nitrogens with zero attached hydrogens (tertiary/aromatic N) is 3. The topological polar surface area (TPSA) is 95.7 Å². The molecule has 0 radical (unpaired) electrons. The van der Waals surface area contributed by atoms with Crippen LogP contribution in [0.2, 0.25) is 0 Å². The average Bonchev–Trinajstić information content (AvgIpc) is 2.80. The van der Waals surface area contributed by atoms with Crippen molar-refractivity contribution < 1.29 is 8.42 Å². The summed E-state index contributed by atoms with van der Waals surface area (Å²) in [5.74, 6) is 0.118. The number of benzene rings is 1. The Morgan fingerprint density at radius 2 is 1.78 bits per heavy atom. The van der Waals surface area contributed by atoms with Gasteiger partial charge in [-0.3, -0.25) is 9.97 Å². The Morgan fingerprint density at radius 3 is 2.39 bits per heavy atom. The second kappa shape index (κ2) is 9.61. The molecule has 1 atom stereocenters. The molecule has 0 bridgehead atoms. The van der Waals surface area contributed by atoms with E-state index in [0.717, 1.165) is 39.9 Å². The summed E-state index contributed by atoms with van der Waals surface area (Å²) in [6, 6.07) is 14.0. The number of pyridine rings is 2. The van der Waals surface area contributed by atoms with E-state index in [0.29, 0.717) is 17.7 Å². The summed E-state index contributed by atoms with van der Waals surface area (Å²) >= 11 is 0. The average molecular weight is 501 g/mol. The third-order valence-corrected chi connectivity index (χ3v) is 8.34. The fourth-order valence-electron chi connectivity index (χ4n) is 4.70. The van der Waals surface area contributed by atoms with Crippen molar-refractivity contribution in [1.82, 2.24) is 14.7 Å². The number of aryl methyl sites for hydroxylation is 3. The van der Waals surface area contributed by atoms with Gasteiger partial charge in [0.25, 0.3) is 0 Å². The summed E-state index contributed by atoms with van der Waals surface area (Å²) in [4.78, 5) is 9.25. The number of hydrogen-bond donors (Lipinski definition) is 1. The van der Waals surface area contributed by atoms with Crippen molar-refractivity contribution in [2.24, 2.45) is 0 Å². The monoisotopic (exact) mass is 500 g/mol. The Hall–Kier alpha value is -3.34. The molecule has 0 fully saturated rings. The molecule has 0 spiro atoms. The van der Waals surface area contributed by atoms with Gasteiger partial charge in [0.1, 0.15) is 11.0 Å². The van der Waals surface area contributed by atoms with Gasteiger partial charge in [-0.2, -0.15) is 5.26 Å². The second-order valence-corrected chi connectivity index (χ2v) is 12.3. The van der Waals surface area contributed by atoms with Crippen molar-refractivity contribution in [1.29, 1.82) is 5.26 Å². The van der Waals surface area contributed by atoms with Gasteiger partial charge in [0.2, 0.25) is 10.0 Å². The first-order valence-corrected chi connectivity index (χ1v) is 13.5. The van der Waals surface area contributed by atoms with Gasteiger partial charge in [-0.1, -0.05) is 18.2 Å². The van der Waals surface area contributed by atoms with E-state index in [-0.39, 0.29) is 10.8 Å². The number of nitrogens with one attached hydrogen (secondary N) is 1. The Morgan fingerprint density at radius 1 is 1.06 bits per heavy atom. The minimum absolute atomic E-state index is 0.101. The summed E-state index contributed by atoms with van der Waals surface area (Å²) in [7, 11) is -3.70. The Kier molecular flexibility index (Phi) is 6.87. The molecular weight excluding hydrogens is 468 g/mol. The fraction of sp³-hybridized carbons (Fsp3) is 0.345. The lowest BCUT2D eigenvalue weighted by Crippen LogP contribution is -2.40. The molecule has 4 rings (SSSR count). The molecule has 1 aromatic carbocycles. The van der Waals surface area contributed by atoms with Gasteiger partial charge in [-0.05, 0) is 112 Å². The van der Waals surface area contributed by atoms with Gasteiger partial charge in [0.15, 0.2) is 0 Å². The normalized spacial score (nSPS) is 16.0. The summed E-state index contributed by atoms with van der Waals surface area (Å²) in [5, 5.41) is 10.2. The van der Waals surface area contributed by atoms with Gasteiger partial charge >= 0.3 is 0 Å². The van der Waals surface area contributed by atoms with Gasteiger partial charge < -0.3 is 0 Å². The Balaban J connectivity index is 1.80. The molecule has 0 saturated heterocycles. The van der Waals surface area contributed by atoms with E-state index in [1.165, 1.54) is 11.8 Å². The van der Waals surface area contributed by atoms with Crippen LogP contribution in [0.5, 0.6) is 0 Å². The molecule has 2 aromatic heterocycles. The van der Waals surface area contributed by atoms with Crippen molar-refractivity contribution in [3.05, 3.63) is 88.0 Å². The molecule has 1 aliphatic carbocycles. The quantitative estimate of drug-likeness (QED) is 0.489. The standard InChI is InChI=1S/C29H32N4O2S/c1-18-8-7-11-31-28(18)15-21-14-25(26(16-30)24-13-20(3)19(2)12-23(21)24)27-10-9-22(17-32-27)36(34,35)33-29(4,5)6/h7-13,17,21,33H,14-15H2,1-6H3. The molecule has 186 valence electrons. The summed E-state index contributed by atoms with van der Waals surface area (Å²) in [6.45, 7) is 11.6. The van der Waals surface area contributed by atoms with E-state index >= 15 is 0 Å². The number of nitriles is 1. The zero-order valence-corrected chi connectivity index (χ0v) is 22.5. The van der Waals surface area contributed by atoms with Crippen LogP contribution in [0.25, 0.3) is 11.1 Å². The predicted octanol–water partition coefficient (Wildman–Crippen LogP) is 5.64. The lowest BCUT2D eigenvalue weighted by molar-refractivity contribution is 0.491. The minimum Gasteiger partial charge on any atom is -0.261 e. The van der Waals surface area contributed by atoms with E-state index in [1.54, 1.807) is 32.9 Å². The van der Waals surface area contributed by atoms with Crippen molar-refractivity contribution in [3.8, 4) is 6.07 Å². The van der Waals surface area contributed by atoms with Crippen molar-refractivity contribution in [2.45, 2.75) is 70.7 Å². The van der Waals surface area contributed by atoms with E-state index in [4.69, 9.17) is 0 Å². The molecule has 1 unspecified atom stereocenters. The maximum atomic E-state index is 12.8. The van der Waals surface area contributed by atoms with Crippen LogP contribution < -0.4 is 4.72 Å². The fourth-order valence-corrected chi connectivity index (χ4v) is 6.06. The van der Waals surface area contributed by atoms with Crippen molar-refractivity contribution >= 4 is 21.2 Å². The van der Waals surface area contributed by atoms with Gasteiger partial charge in [-0.25, -0.2) is 13.1 Å². The number of aromatic nitrogens is 2. The SMILES string of the molecule is Cc1cc2c(cc1C)C(Cc1ncccc1C)CC(c1ccc(S(=O)(=O)NC(C)(C)C)cn1)=C2C#N. The van der Waals surface area contributed by atoms with Crippen molar-refractivity contribution in [3.63, 3.8) is 0 Å². The third kappa shape index (κ3) is 5.25. The Bertz CT molecular complexity index is 1490. The number of hydrogen-bond acceptors (Lipinski definition) is 5. The van der Waals surface area contributed by atoms with Crippen LogP contribution in [0, 0.1) is 32.1 Å². The van der Waals surface area contributed by atoms with Gasteiger partial charge in [0.05, 0.1) is 11.3 Å². The molecule has 3 aromatic rings. The van der Waals surface area contributed by atoms with Crippen LogP contribution in [0.15, 0.2) is 53.7 Å². The smallest absolute Gasteiger partial charge is 0.242 e. The summed E-state index contributed by atoms with van der Waals surface area (Å²) in [5.41, 5.74) is 8.01. The lowest BCUT2D eigenvalue weighted by atomic mass is 9.74. The molecule has 0 aliphatic heterocycles. The number of allylic oxidation sites excluding steroid dienone is 2. The van der Waals surface area contributed by atoms with Crippen LogP contribution >= 0.6 is 0 Å². The Labute approximate surface area is 214 Å². The first-order valence-electron chi connectivity index (χ1n) is 12.1. The number of sulfonamides is 1. The first-order chi connectivity index (χ1) is 16.9. The highest BCUT2D eigenvalue weighted by atomic mass is 32.2. The largest absolute Gasteiger partial charge is 0.261 e. The summed E-state index contributed by atoms with van der Waals surface area (Å²) in [6.07, 6.45) is 4.55. The maximum absolute atomic E-state index is 12.8. The molecule has 7 heteroatoms. The minimum atomic E-state index is -3.70. The van der Waals surface area contributed by atoms with Crippen LogP contribution in [0.4, 0.5) is 0 Å². The highest BCUT2D eigenvalue weighted by Crippen LogP contribution is 2.44. The van der Waals surface area contributed by atoms with Crippen LogP contribution in [0.1, 0.15) is 72.3 Å². The zero-order chi connectivity index (χ0) is 26.3. The predicted molar refractivity (Wildman–Crippen MR) is 143 cm³/mol. The first kappa shape index (κ1) is 25.7. The van der Waals surface area contributed by atoms with E-state index < -0.39 is 15.6 Å². The molecule has 0 amide bonds. The zero-order valence-electron chi connectivity index (χ0n) is 21.7. The molecule has 36 heavy (non-hydrogen) atoms. The highest BCUT2D eigenvalue weighted by molar-refractivity contribution is 7.89. The van der Waals surface area contributed by atoms with Gasteiger partial charge in [0, 0.05) is 23.6 Å². The molecule has 1 N–H and O–H groups in total. The van der Waals surface area contributed by atoms with Crippen LogP contribution in [0.3, 0.4) is 0 Å². The number of fused-ring (bicyclic) bond motifs is 1. The van der Waals surface area contributed by atoms with Crippen LogP contribution in [-0.2, 0) is 16.4 Å². The van der Waals surface area contributed by atoms with E-state index in [1.807, 2.05) is 12.3 Å². The lowest BCUT2D eigenvalue weighted by Gasteiger charge is -2.29. The molecule has 2 heterocycles. The van der Waals surface area contributed by atoms with Gasteiger partial charge in [-0.15, -0.1) is 0 Å². The van der Waals surface area contributed by atoms with E-state index in [2.05, 4.69) is 59.7 Å². The maximum Gasteiger partial charge on any atom is 0.242 e. The van der Waals surface area contributed by atoms with Crippen molar-refractivity contribution in [2.75, 3.05) is 0 Å². The van der Waals surface area contributed by atoms with Crippen LogP contribution in [-0.4, -0.2) is 23.9 Å². The number of rotatable bonds is 5. The highest BCUT2D eigenvalue weighted by Gasteiger charge is 2.30.